The number of alkyl halides is 1. The molecule has 4 heteroatoms. The fraction of sp³-hybridized carbons (Fsp3) is 0.250. The van der Waals surface area contributed by atoms with E-state index in [1.807, 2.05) is 38.1 Å². The first kappa shape index (κ1) is 15.5. The van der Waals surface area contributed by atoms with Gasteiger partial charge >= 0.3 is 0 Å². The van der Waals surface area contributed by atoms with E-state index < -0.39 is 0 Å². The number of benzene rings is 2. The molecule has 0 radical (unpaired) electrons. The highest BCUT2D eigenvalue weighted by molar-refractivity contribution is 9.10. The molecule has 0 spiro atoms. The first-order valence-corrected chi connectivity index (χ1v) is 8.04. The molecular formula is C16H15Br2FO. The van der Waals surface area contributed by atoms with E-state index in [0.29, 0.717) is 4.47 Å². The summed E-state index contributed by atoms with van der Waals surface area (Å²) >= 11 is 6.87. The zero-order chi connectivity index (χ0) is 14.7. The molecule has 2 aromatic rings. The molecule has 20 heavy (non-hydrogen) atoms. The molecule has 0 aliphatic rings. The van der Waals surface area contributed by atoms with Gasteiger partial charge in [-0.15, -0.1) is 0 Å². The third-order valence-corrected chi connectivity index (χ3v) is 4.42. The maximum atomic E-state index is 13.3. The summed E-state index contributed by atoms with van der Waals surface area (Å²) in [5.41, 5.74) is 2.06. The Labute approximate surface area is 135 Å². The lowest BCUT2D eigenvalue weighted by Crippen LogP contribution is -2.05. The van der Waals surface area contributed by atoms with Crippen molar-refractivity contribution in [1.29, 1.82) is 0 Å². The molecule has 2 aromatic carbocycles. The monoisotopic (exact) mass is 400 g/mol. The SMILES string of the molecule is CC(C)Oc1cccc(C(Br)c2ccc(F)c(Br)c2)c1. The normalized spacial score (nSPS) is 12.5. The lowest BCUT2D eigenvalue weighted by atomic mass is 10.0. The van der Waals surface area contributed by atoms with Gasteiger partial charge < -0.3 is 4.74 Å². The van der Waals surface area contributed by atoms with Gasteiger partial charge in [0.2, 0.25) is 0 Å². The summed E-state index contributed by atoms with van der Waals surface area (Å²) in [4.78, 5) is -0.00453. The minimum atomic E-state index is -0.259. The average Bonchev–Trinajstić information content (AvgIpc) is 2.40. The Bertz CT molecular complexity index is 599. The van der Waals surface area contributed by atoms with Gasteiger partial charge in [0.1, 0.15) is 11.6 Å². The minimum Gasteiger partial charge on any atom is -0.491 e. The zero-order valence-corrected chi connectivity index (χ0v) is 14.4. The maximum Gasteiger partial charge on any atom is 0.137 e. The molecular weight excluding hydrogens is 387 g/mol. The standard InChI is InChI=1S/C16H15Br2FO/c1-10(2)20-13-5-3-4-11(8-13)16(18)12-6-7-15(19)14(17)9-12/h3-10,16H,1-2H3. The molecule has 0 aliphatic heterocycles. The molecule has 0 aromatic heterocycles. The largest absolute Gasteiger partial charge is 0.491 e. The third kappa shape index (κ3) is 3.83. The lowest BCUT2D eigenvalue weighted by molar-refractivity contribution is 0.242. The average molecular weight is 402 g/mol. The van der Waals surface area contributed by atoms with Crippen LogP contribution in [0.2, 0.25) is 0 Å². The van der Waals surface area contributed by atoms with Crippen LogP contribution in [0.4, 0.5) is 4.39 Å². The van der Waals surface area contributed by atoms with Gasteiger partial charge in [-0.2, -0.15) is 0 Å². The number of halogens is 3. The minimum absolute atomic E-state index is 0.00453. The molecule has 1 atom stereocenters. The van der Waals surface area contributed by atoms with Crippen LogP contribution in [0.25, 0.3) is 0 Å². The van der Waals surface area contributed by atoms with Gasteiger partial charge in [0, 0.05) is 0 Å². The highest BCUT2D eigenvalue weighted by atomic mass is 79.9. The van der Waals surface area contributed by atoms with Crippen molar-refractivity contribution in [1.82, 2.24) is 0 Å². The van der Waals surface area contributed by atoms with E-state index in [2.05, 4.69) is 31.9 Å². The summed E-state index contributed by atoms with van der Waals surface area (Å²) in [6.45, 7) is 3.99. The van der Waals surface area contributed by atoms with Crippen LogP contribution in [0.3, 0.4) is 0 Å². The predicted octanol–water partition coefficient (Wildman–Crippen LogP) is 5.86. The van der Waals surface area contributed by atoms with Crippen LogP contribution in [0.5, 0.6) is 5.75 Å². The van der Waals surface area contributed by atoms with Crippen molar-refractivity contribution in [2.24, 2.45) is 0 Å². The van der Waals surface area contributed by atoms with Crippen LogP contribution in [-0.4, -0.2) is 6.10 Å². The van der Waals surface area contributed by atoms with Crippen LogP contribution in [0.15, 0.2) is 46.9 Å². The summed E-state index contributed by atoms with van der Waals surface area (Å²) in [5, 5.41) is 0. The van der Waals surface area contributed by atoms with Gasteiger partial charge in [0.05, 0.1) is 15.4 Å². The van der Waals surface area contributed by atoms with Gasteiger partial charge in [-0.3, -0.25) is 0 Å². The fourth-order valence-corrected chi connectivity index (χ4v) is 2.85. The van der Waals surface area contributed by atoms with Crippen molar-refractivity contribution >= 4 is 31.9 Å². The summed E-state index contributed by atoms with van der Waals surface area (Å²) in [6.07, 6.45) is 0.138. The van der Waals surface area contributed by atoms with Gasteiger partial charge in [0.25, 0.3) is 0 Å². The summed E-state index contributed by atoms with van der Waals surface area (Å²) in [7, 11) is 0. The summed E-state index contributed by atoms with van der Waals surface area (Å²) in [6, 6.07) is 12.9. The van der Waals surface area contributed by atoms with E-state index >= 15 is 0 Å². The van der Waals surface area contributed by atoms with E-state index in [1.54, 1.807) is 12.1 Å². The topological polar surface area (TPSA) is 9.23 Å². The Balaban J connectivity index is 2.28. The van der Waals surface area contributed by atoms with Crippen LogP contribution in [-0.2, 0) is 0 Å². The number of hydrogen-bond acceptors (Lipinski definition) is 1. The molecule has 0 aliphatic carbocycles. The smallest absolute Gasteiger partial charge is 0.137 e. The highest BCUT2D eigenvalue weighted by Gasteiger charge is 2.13. The van der Waals surface area contributed by atoms with E-state index in [9.17, 15) is 4.39 Å². The predicted molar refractivity (Wildman–Crippen MR) is 87.1 cm³/mol. The van der Waals surface area contributed by atoms with Crippen LogP contribution in [0.1, 0.15) is 29.8 Å². The van der Waals surface area contributed by atoms with E-state index in [1.165, 1.54) is 6.07 Å². The molecule has 0 heterocycles. The van der Waals surface area contributed by atoms with Crippen molar-refractivity contribution in [2.75, 3.05) is 0 Å². The van der Waals surface area contributed by atoms with Gasteiger partial charge in [-0.25, -0.2) is 4.39 Å². The Kier molecular flexibility index (Phi) is 5.22. The van der Waals surface area contributed by atoms with E-state index in [-0.39, 0.29) is 16.7 Å². The van der Waals surface area contributed by atoms with Crippen LogP contribution >= 0.6 is 31.9 Å². The first-order chi connectivity index (χ1) is 9.47. The van der Waals surface area contributed by atoms with Crippen LogP contribution in [0, 0.1) is 5.82 Å². The summed E-state index contributed by atoms with van der Waals surface area (Å²) in [5.74, 6) is 0.577. The molecule has 0 bridgehead atoms. The Morgan fingerprint density at radius 2 is 1.75 bits per heavy atom. The molecule has 106 valence electrons. The fourth-order valence-electron chi connectivity index (χ4n) is 1.88. The molecule has 0 fully saturated rings. The summed E-state index contributed by atoms with van der Waals surface area (Å²) < 4.78 is 19.5. The van der Waals surface area contributed by atoms with Crippen molar-refractivity contribution in [3.63, 3.8) is 0 Å². The second kappa shape index (κ2) is 6.72. The first-order valence-electron chi connectivity index (χ1n) is 6.33. The molecule has 1 unspecified atom stereocenters. The van der Waals surface area contributed by atoms with Crippen molar-refractivity contribution < 1.29 is 9.13 Å². The molecule has 0 amide bonds. The number of rotatable bonds is 4. The molecule has 0 saturated carbocycles. The van der Waals surface area contributed by atoms with Crippen molar-refractivity contribution in [2.45, 2.75) is 24.8 Å². The Hall–Kier alpha value is -0.870. The quantitative estimate of drug-likeness (QED) is 0.583. The van der Waals surface area contributed by atoms with Gasteiger partial charge in [-0.1, -0.05) is 34.1 Å². The zero-order valence-electron chi connectivity index (χ0n) is 11.2. The van der Waals surface area contributed by atoms with E-state index in [0.717, 1.165) is 16.9 Å². The molecule has 1 nitrogen and oxygen atoms in total. The Morgan fingerprint density at radius 3 is 2.40 bits per heavy atom. The Morgan fingerprint density at radius 1 is 1.05 bits per heavy atom. The molecule has 0 saturated heterocycles. The number of ether oxygens (including phenoxy) is 1. The maximum absolute atomic E-state index is 13.3. The van der Waals surface area contributed by atoms with E-state index in [4.69, 9.17) is 4.74 Å². The van der Waals surface area contributed by atoms with Crippen molar-refractivity contribution in [3.8, 4) is 5.75 Å². The second-order valence-corrected chi connectivity index (χ2v) is 6.55. The second-order valence-electron chi connectivity index (χ2n) is 4.78. The van der Waals surface area contributed by atoms with Gasteiger partial charge in [-0.05, 0) is 65.2 Å². The highest BCUT2D eigenvalue weighted by Crippen LogP contribution is 2.34. The third-order valence-electron chi connectivity index (χ3n) is 2.76. The van der Waals surface area contributed by atoms with Gasteiger partial charge in [0.15, 0.2) is 0 Å². The lowest BCUT2D eigenvalue weighted by Gasteiger charge is -2.14. The molecule has 2 rings (SSSR count). The van der Waals surface area contributed by atoms with Crippen molar-refractivity contribution in [3.05, 3.63) is 63.9 Å². The molecule has 0 N–H and O–H groups in total. The van der Waals surface area contributed by atoms with Crippen LogP contribution < -0.4 is 4.74 Å². The number of hydrogen-bond donors (Lipinski definition) is 0.